The van der Waals surface area contributed by atoms with Gasteiger partial charge < -0.3 is 5.32 Å². The lowest BCUT2D eigenvalue weighted by molar-refractivity contribution is -0.118. The van der Waals surface area contributed by atoms with E-state index in [0.717, 1.165) is 5.75 Å². The van der Waals surface area contributed by atoms with Gasteiger partial charge in [-0.25, -0.2) is 0 Å². The van der Waals surface area contributed by atoms with Gasteiger partial charge >= 0.3 is 0 Å². The fourth-order valence-corrected chi connectivity index (χ4v) is 1.65. The molecule has 0 saturated heterocycles. The number of rotatable bonds is 7. The summed E-state index contributed by atoms with van der Waals surface area (Å²) in [5, 5.41) is 3.13. The van der Waals surface area contributed by atoms with E-state index >= 15 is 0 Å². The number of halogens is 1. The second-order valence-corrected chi connectivity index (χ2v) is 4.34. The molecular weight excluding hydrogens is 206 g/mol. The van der Waals surface area contributed by atoms with Crippen LogP contribution in [0.25, 0.3) is 0 Å². The van der Waals surface area contributed by atoms with E-state index in [4.69, 9.17) is 11.6 Å². The summed E-state index contributed by atoms with van der Waals surface area (Å²) in [6.45, 7) is 5.99. The Morgan fingerprint density at radius 2 is 2.31 bits per heavy atom. The number of carbonyl (C=O) groups is 1. The van der Waals surface area contributed by atoms with Crippen molar-refractivity contribution in [1.82, 2.24) is 5.32 Å². The summed E-state index contributed by atoms with van der Waals surface area (Å²) in [6, 6.07) is 0. The Morgan fingerprint density at radius 1 is 1.62 bits per heavy atom. The number of nitrogens with one attached hydrogen (secondary N) is 1. The molecular formula is C9H16ClNOS. The molecule has 0 bridgehead atoms. The third-order valence-electron chi connectivity index (χ3n) is 1.35. The molecule has 2 nitrogen and oxygen atoms in total. The average molecular weight is 222 g/mol. The molecule has 0 radical (unpaired) electrons. The first-order chi connectivity index (χ1) is 6.16. The van der Waals surface area contributed by atoms with Crippen LogP contribution >= 0.6 is 23.4 Å². The van der Waals surface area contributed by atoms with E-state index in [9.17, 15) is 4.79 Å². The molecule has 0 heterocycles. The summed E-state index contributed by atoms with van der Waals surface area (Å²) in [5.74, 6) is 1.60. The van der Waals surface area contributed by atoms with Crippen LogP contribution < -0.4 is 5.32 Å². The Morgan fingerprint density at radius 3 is 2.85 bits per heavy atom. The lowest BCUT2D eigenvalue weighted by atomic mass is 10.4. The average Bonchev–Trinajstić information content (AvgIpc) is 2.09. The zero-order valence-electron chi connectivity index (χ0n) is 7.94. The topological polar surface area (TPSA) is 29.1 Å². The number of thioether (sulfide) groups is 1. The van der Waals surface area contributed by atoms with Crippen molar-refractivity contribution >= 4 is 29.3 Å². The minimum Gasteiger partial charge on any atom is -0.350 e. The molecule has 0 aromatic rings. The summed E-state index contributed by atoms with van der Waals surface area (Å²) in [6.07, 6.45) is 2.34. The fourth-order valence-electron chi connectivity index (χ4n) is 0.657. The normalized spacial score (nSPS) is 9.69. The molecule has 0 rings (SSSR count). The van der Waals surface area contributed by atoms with Gasteiger partial charge in [0.15, 0.2) is 0 Å². The number of unbranched alkanes of at least 4 members (excludes halogenated alkanes) is 1. The van der Waals surface area contributed by atoms with Crippen LogP contribution in [0.2, 0.25) is 0 Å². The van der Waals surface area contributed by atoms with Gasteiger partial charge in [-0.15, -0.1) is 0 Å². The van der Waals surface area contributed by atoms with Gasteiger partial charge in [0.05, 0.1) is 12.3 Å². The first kappa shape index (κ1) is 12.8. The molecule has 1 N–H and O–H groups in total. The molecule has 76 valence electrons. The number of hydrogen-bond acceptors (Lipinski definition) is 2. The van der Waals surface area contributed by atoms with E-state index in [1.54, 1.807) is 11.8 Å². The Balaban J connectivity index is 3.25. The van der Waals surface area contributed by atoms with Crippen LogP contribution in [0.1, 0.15) is 19.8 Å². The SMILES string of the molecule is C=C(Cl)CNC(=O)CSCCCC. The maximum Gasteiger partial charge on any atom is 0.230 e. The molecule has 0 saturated carbocycles. The van der Waals surface area contributed by atoms with Crippen LogP contribution in [-0.2, 0) is 4.79 Å². The summed E-state index contributed by atoms with van der Waals surface area (Å²) < 4.78 is 0. The van der Waals surface area contributed by atoms with Crippen molar-refractivity contribution in [3.05, 3.63) is 11.6 Å². The summed E-state index contributed by atoms with van der Waals surface area (Å²) in [5.41, 5.74) is 0. The quantitative estimate of drug-likeness (QED) is 0.669. The fraction of sp³-hybridized carbons (Fsp3) is 0.667. The smallest absolute Gasteiger partial charge is 0.230 e. The predicted octanol–water partition coefficient (Wildman–Crippen LogP) is 2.39. The third-order valence-corrected chi connectivity index (χ3v) is 2.53. The highest BCUT2D eigenvalue weighted by atomic mass is 35.5. The minimum atomic E-state index is 0.0305. The molecule has 0 aromatic carbocycles. The van der Waals surface area contributed by atoms with Crippen molar-refractivity contribution in [2.75, 3.05) is 18.1 Å². The van der Waals surface area contributed by atoms with Gasteiger partial charge in [-0.3, -0.25) is 4.79 Å². The van der Waals surface area contributed by atoms with Crippen LogP contribution in [0.3, 0.4) is 0 Å². The first-order valence-electron chi connectivity index (χ1n) is 4.34. The van der Waals surface area contributed by atoms with Gasteiger partial charge in [-0.2, -0.15) is 11.8 Å². The molecule has 0 atom stereocenters. The Hall–Kier alpha value is -0.150. The van der Waals surface area contributed by atoms with E-state index < -0.39 is 0 Å². The highest BCUT2D eigenvalue weighted by Gasteiger charge is 2.00. The Labute approximate surface area is 89.1 Å². The molecule has 0 spiro atoms. The van der Waals surface area contributed by atoms with Gasteiger partial charge in [0.1, 0.15) is 0 Å². The summed E-state index contributed by atoms with van der Waals surface area (Å²) >= 11 is 7.14. The van der Waals surface area contributed by atoms with E-state index in [0.29, 0.717) is 17.3 Å². The third kappa shape index (κ3) is 9.77. The second kappa shape index (κ2) is 8.45. The van der Waals surface area contributed by atoms with Crippen molar-refractivity contribution in [3.8, 4) is 0 Å². The van der Waals surface area contributed by atoms with Crippen molar-refractivity contribution in [2.45, 2.75) is 19.8 Å². The van der Waals surface area contributed by atoms with Crippen LogP contribution in [0, 0.1) is 0 Å². The van der Waals surface area contributed by atoms with Crippen molar-refractivity contribution in [1.29, 1.82) is 0 Å². The summed E-state index contributed by atoms with van der Waals surface area (Å²) in [4.78, 5) is 11.1. The second-order valence-electron chi connectivity index (χ2n) is 2.70. The number of carbonyl (C=O) groups excluding carboxylic acids is 1. The van der Waals surface area contributed by atoms with Crippen LogP contribution in [0.4, 0.5) is 0 Å². The molecule has 0 aliphatic heterocycles. The number of amides is 1. The van der Waals surface area contributed by atoms with Crippen LogP contribution in [0.15, 0.2) is 11.6 Å². The maximum absolute atomic E-state index is 11.1. The maximum atomic E-state index is 11.1. The van der Waals surface area contributed by atoms with E-state index in [-0.39, 0.29) is 5.91 Å². The monoisotopic (exact) mass is 221 g/mol. The zero-order valence-corrected chi connectivity index (χ0v) is 9.51. The first-order valence-corrected chi connectivity index (χ1v) is 5.87. The van der Waals surface area contributed by atoms with Gasteiger partial charge in [0.25, 0.3) is 0 Å². The van der Waals surface area contributed by atoms with E-state index in [2.05, 4.69) is 18.8 Å². The molecule has 0 aromatic heterocycles. The largest absolute Gasteiger partial charge is 0.350 e. The Bertz CT molecular complexity index is 173. The minimum absolute atomic E-state index is 0.0305. The lowest BCUT2D eigenvalue weighted by Crippen LogP contribution is -2.26. The summed E-state index contributed by atoms with van der Waals surface area (Å²) in [7, 11) is 0. The van der Waals surface area contributed by atoms with Crippen LogP contribution in [-0.4, -0.2) is 24.0 Å². The molecule has 1 amide bonds. The molecule has 4 heteroatoms. The predicted molar refractivity (Wildman–Crippen MR) is 60.2 cm³/mol. The van der Waals surface area contributed by atoms with Crippen molar-refractivity contribution in [2.24, 2.45) is 0 Å². The highest BCUT2D eigenvalue weighted by molar-refractivity contribution is 7.99. The van der Waals surface area contributed by atoms with Crippen LogP contribution in [0.5, 0.6) is 0 Å². The molecule has 0 aliphatic rings. The molecule has 0 aliphatic carbocycles. The molecule has 0 unspecified atom stereocenters. The Kier molecular flexibility index (Phi) is 8.35. The zero-order chi connectivity index (χ0) is 10.1. The standard InChI is InChI=1S/C9H16ClNOS/c1-3-4-5-13-7-9(12)11-6-8(2)10/h2-7H2,1H3,(H,11,12). The van der Waals surface area contributed by atoms with E-state index in [1.165, 1.54) is 12.8 Å². The molecule has 0 fully saturated rings. The molecule has 13 heavy (non-hydrogen) atoms. The van der Waals surface area contributed by atoms with Gasteiger partial charge in [0.2, 0.25) is 5.91 Å². The van der Waals surface area contributed by atoms with E-state index in [1.807, 2.05) is 0 Å². The van der Waals surface area contributed by atoms with Gasteiger partial charge in [-0.1, -0.05) is 31.5 Å². The lowest BCUT2D eigenvalue weighted by Gasteiger charge is -2.02. The highest BCUT2D eigenvalue weighted by Crippen LogP contribution is 2.03. The van der Waals surface area contributed by atoms with Gasteiger partial charge in [0, 0.05) is 5.03 Å². The van der Waals surface area contributed by atoms with Gasteiger partial charge in [-0.05, 0) is 12.2 Å². The van der Waals surface area contributed by atoms with Crippen molar-refractivity contribution < 1.29 is 4.79 Å². The number of hydrogen-bond donors (Lipinski definition) is 1. The van der Waals surface area contributed by atoms with Crippen molar-refractivity contribution in [3.63, 3.8) is 0 Å².